The second-order valence-electron chi connectivity index (χ2n) is 1.71. The quantitative estimate of drug-likeness (QED) is 0.300. The zero-order valence-corrected chi connectivity index (χ0v) is 7.80. The Morgan fingerprint density at radius 2 is 2.25 bits per heavy atom. The van der Waals surface area contributed by atoms with Gasteiger partial charge in [-0.2, -0.15) is 0 Å². The highest BCUT2D eigenvalue weighted by Crippen LogP contribution is 1.81. The minimum atomic E-state index is -0.399. The molecule has 0 amide bonds. The summed E-state index contributed by atoms with van der Waals surface area (Å²) in [6.45, 7) is 2.97. The predicted molar refractivity (Wildman–Crippen MR) is 48.0 cm³/mol. The van der Waals surface area contributed by atoms with Crippen LogP contribution >= 0.6 is 12.4 Å². The Kier molecular flexibility index (Phi) is 11.8. The third kappa shape index (κ3) is 9.26. The zero-order chi connectivity index (χ0) is 8.53. The van der Waals surface area contributed by atoms with Crippen molar-refractivity contribution in [3.63, 3.8) is 0 Å². The number of esters is 1. The van der Waals surface area contributed by atoms with Gasteiger partial charge in [-0.3, -0.25) is 0 Å². The standard InChI is InChI=1S/C7H13NO3.ClH/c1-2-11-7(9)3-5-10-6-4-8;/h3,5H,2,4,6,8H2,1H3;1H. The van der Waals surface area contributed by atoms with Crippen molar-refractivity contribution in [2.45, 2.75) is 6.92 Å². The predicted octanol–water partition coefficient (Wildman–Crippen LogP) is 0.460. The van der Waals surface area contributed by atoms with Crippen LogP contribution < -0.4 is 5.73 Å². The summed E-state index contributed by atoms with van der Waals surface area (Å²) in [5.74, 6) is -0.399. The van der Waals surface area contributed by atoms with E-state index >= 15 is 0 Å². The van der Waals surface area contributed by atoms with E-state index in [1.165, 1.54) is 12.3 Å². The molecular weight excluding hydrogens is 182 g/mol. The third-order valence-corrected chi connectivity index (χ3v) is 0.823. The summed E-state index contributed by atoms with van der Waals surface area (Å²) in [5.41, 5.74) is 5.13. The van der Waals surface area contributed by atoms with E-state index in [-0.39, 0.29) is 12.4 Å². The molecule has 0 aliphatic rings. The van der Waals surface area contributed by atoms with Crippen molar-refractivity contribution < 1.29 is 14.3 Å². The lowest BCUT2D eigenvalue weighted by Gasteiger charge is -1.96. The van der Waals surface area contributed by atoms with Gasteiger partial charge < -0.3 is 15.2 Å². The van der Waals surface area contributed by atoms with Crippen molar-refractivity contribution in [2.75, 3.05) is 19.8 Å². The van der Waals surface area contributed by atoms with E-state index in [4.69, 9.17) is 10.5 Å². The molecule has 0 rings (SSSR count). The van der Waals surface area contributed by atoms with Crippen LogP contribution in [0.15, 0.2) is 12.3 Å². The lowest BCUT2D eigenvalue weighted by Crippen LogP contribution is -2.06. The van der Waals surface area contributed by atoms with Gasteiger partial charge in [-0.05, 0) is 6.92 Å². The molecule has 0 aliphatic heterocycles. The molecule has 4 nitrogen and oxygen atoms in total. The Morgan fingerprint density at radius 1 is 1.58 bits per heavy atom. The van der Waals surface area contributed by atoms with E-state index in [0.29, 0.717) is 19.8 Å². The molecule has 0 aromatic rings. The molecule has 0 bridgehead atoms. The van der Waals surface area contributed by atoms with E-state index in [1.54, 1.807) is 6.92 Å². The maximum absolute atomic E-state index is 10.6. The molecular formula is C7H14ClNO3. The molecule has 0 saturated heterocycles. The number of carbonyl (C=O) groups is 1. The molecule has 0 aromatic heterocycles. The summed E-state index contributed by atoms with van der Waals surface area (Å²) in [6.07, 6.45) is 2.50. The highest BCUT2D eigenvalue weighted by Gasteiger charge is 1.91. The molecule has 2 N–H and O–H groups in total. The molecule has 72 valence electrons. The van der Waals surface area contributed by atoms with Gasteiger partial charge in [-0.15, -0.1) is 12.4 Å². The van der Waals surface area contributed by atoms with Gasteiger partial charge in [-0.25, -0.2) is 4.79 Å². The number of nitrogens with two attached hydrogens (primary N) is 1. The van der Waals surface area contributed by atoms with Crippen LogP contribution in [-0.4, -0.2) is 25.7 Å². The SMILES string of the molecule is CCOC(=O)C=COCCN.Cl. The first-order valence-corrected chi connectivity index (χ1v) is 3.46. The zero-order valence-electron chi connectivity index (χ0n) is 6.99. The Balaban J connectivity index is 0. The van der Waals surface area contributed by atoms with E-state index in [0.717, 1.165) is 0 Å². The van der Waals surface area contributed by atoms with Gasteiger partial charge in [0.15, 0.2) is 0 Å². The van der Waals surface area contributed by atoms with E-state index in [1.807, 2.05) is 0 Å². The lowest BCUT2D eigenvalue weighted by molar-refractivity contribution is -0.137. The fraction of sp³-hybridized carbons (Fsp3) is 0.571. The van der Waals surface area contributed by atoms with E-state index in [2.05, 4.69) is 4.74 Å². The largest absolute Gasteiger partial charge is 0.500 e. The average Bonchev–Trinajstić information content (AvgIpc) is 1.99. The number of hydrogen-bond acceptors (Lipinski definition) is 4. The van der Waals surface area contributed by atoms with Crippen LogP contribution in [0.1, 0.15) is 6.92 Å². The van der Waals surface area contributed by atoms with E-state index in [9.17, 15) is 4.79 Å². The summed E-state index contributed by atoms with van der Waals surface area (Å²) >= 11 is 0. The number of ether oxygens (including phenoxy) is 2. The molecule has 0 unspecified atom stereocenters. The molecule has 0 saturated carbocycles. The highest BCUT2D eigenvalue weighted by molar-refractivity contribution is 5.85. The maximum atomic E-state index is 10.6. The van der Waals surface area contributed by atoms with Crippen molar-refractivity contribution in [3.05, 3.63) is 12.3 Å². The minimum Gasteiger partial charge on any atom is -0.500 e. The molecule has 0 radical (unpaired) electrons. The van der Waals surface area contributed by atoms with Crippen molar-refractivity contribution in [1.29, 1.82) is 0 Å². The summed E-state index contributed by atoms with van der Waals surface area (Å²) in [4.78, 5) is 10.6. The molecule has 0 spiro atoms. The van der Waals surface area contributed by atoms with Gasteiger partial charge in [-0.1, -0.05) is 0 Å². The molecule has 0 aliphatic carbocycles. The monoisotopic (exact) mass is 195 g/mol. The van der Waals surface area contributed by atoms with Crippen LogP contribution in [0, 0.1) is 0 Å². The van der Waals surface area contributed by atoms with Crippen LogP contribution in [0.25, 0.3) is 0 Å². The first-order chi connectivity index (χ1) is 5.31. The molecule has 0 aromatic carbocycles. The molecule has 0 heterocycles. The lowest BCUT2D eigenvalue weighted by atomic mass is 10.6. The van der Waals surface area contributed by atoms with Crippen LogP contribution in [0.5, 0.6) is 0 Å². The summed E-state index contributed by atoms with van der Waals surface area (Å²) < 4.78 is 9.38. The van der Waals surface area contributed by atoms with Crippen molar-refractivity contribution in [1.82, 2.24) is 0 Å². The van der Waals surface area contributed by atoms with Crippen LogP contribution in [-0.2, 0) is 14.3 Å². The Hall–Kier alpha value is -0.740. The molecule has 5 heteroatoms. The first-order valence-electron chi connectivity index (χ1n) is 3.46. The smallest absolute Gasteiger partial charge is 0.333 e. The summed E-state index contributed by atoms with van der Waals surface area (Å²) in [6, 6.07) is 0. The second-order valence-corrected chi connectivity index (χ2v) is 1.71. The first kappa shape index (κ1) is 13.8. The minimum absolute atomic E-state index is 0. The van der Waals surface area contributed by atoms with Crippen LogP contribution in [0.3, 0.4) is 0 Å². The Labute approximate surface area is 78.1 Å². The normalized spacial score (nSPS) is 9.17. The van der Waals surface area contributed by atoms with Crippen molar-refractivity contribution in [3.8, 4) is 0 Å². The average molecular weight is 196 g/mol. The van der Waals surface area contributed by atoms with Gasteiger partial charge >= 0.3 is 5.97 Å². The fourth-order valence-electron chi connectivity index (χ4n) is 0.430. The summed E-state index contributed by atoms with van der Waals surface area (Å²) in [7, 11) is 0. The van der Waals surface area contributed by atoms with E-state index < -0.39 is 5.97 Å². The Bertz CT molecular complexity index is 139. The number of rotatable bonds is 5. The van der Waals surface area contributed by atoms with Gasteiger partial charge in [0, 0.05) is 6.54 Å². The third-order valence-electron chi connectivity index (χ3n) is 0.823. The van der Waals surface area contributed by atoms with Crippen LogP contribution in [0.4, 0.5) is 0 Å². The summed E-state index contributed by atoms with van der Waals surface area (Å²) in [5, 5.41) is 0. The topological polar surface area (TPSA) is 61.5 Å². The van der Waals surface area contributed by atoms with Crippen molar-refractivity contribution >= 4 is 18.4 Å². The Morgan fingerprint density at radius 3 is 2.75 bits per heavy atom. The number of hydrogen-bond donors (Lipinski definition) is 1. The highest BCUT2D eigenvalue weighted by atomic mass is 35.5. The van der Waals surface area contributed by atoms with Gasteiger partial charge in [0.05, 0.1) is 25.6 Å². The van der Waals surface area contributed by atoms with Gasteiger partial charge in [0.1, 0.15) is 0 Å². The van der Waals surface area contributed by atoms with Crippen molar-refractivity contribution in [2.24, 2.45) is 5.73 Å². The number of halogens is 1. The second kappa shape index (κ2) is 10.3. The molecule has 0 fully saturated rings. The fourth-order valence-corrected chi connectivity index (χ4v) is 0.430. The maximum Gasteiger partial charge on any atom is 0.333 e. The van der Waals surface area contributed by atoms with Crippen LogP contribution in [0.2, 0.25) is 0 Å². The van der Waals surface area contributed by atoms with Gasteiger partial charge in [0.25, 0.3) is 0 Å². The molecule has 12 heavy (non-hydrogen) atoms. The number of carbonyl (C=O) groups excluding carboxylic acids is 1. The van der Waals surface area contributed by atoms with Gasteiger partial charge in [0.2, 0.25) is 0 Å². The molecule has 0 atom stereocenters.